The lowest BCUT2D eigenvalue weighted by Crippen LogP contribution is -2.16. The van der Waals surface area contributed by atoms with Gasteiger partial charge in [-0.2, -0.15) is 0 Å². The van der Waals surface area contributed by atoms with Crippen molar-refractivity contribution in [1.29, 1.82) is 0 Å². The first-order valence-corrected chi connectivity index (χ1v) is 23.3. The molecule has 0 saturated heterocycles. The molecule has 0 amide bonds. The SMILES string of the molecule is CC1(C)c2cc(-c3ccccc3)ccc2-c2ccc(N(c3ccccc3)c3ccc(-c4ccccc4-n4c5ccccc5c5cc(-c6cc7ccccc7c7ccccc67)ccc54)cc3)cc21. The molecule has 0 fully saturated rings. The summed E-state index contributed by atoms with van der Waals surface area (Å²) in [5.74, 6) is 0. The van der Waals surface area contributed by atoms with Gasteiger partial charge in [-0.15, -0.1) is 0 Å². The van der Waals surface area contributed by atoms with Gasteiger partial charge in [0.1, 0.15) is 0 Å². The zero-order chi connectivity index (χ0) is 44.6. The van der Waals surface area contributed by atoms with Crippen LogP contribution in [0.25, 0.3) is 93.5 Å². The second-order valence-electron chi connectivity index (χ2n) is 18.5. The third-order valence-electron chi connectivity index (χ3n) is 14.4. The van der Waals surface area contributed by atoms with E-state index < -0.39 is 0 Å². The van der Waals surface area contributed by atoms with Crippen LogP contribution < -0.4 is 4.90 Å². The van der Waals surface area contributed by atoms with Crippen LogP contribution in [0.15, 0.2) is 243 Å². The van der Waals surface area contributed by atoms with Crippen LogP contribution in [-0.4, -0.2) is 4.57 Å². The van der Waals surface area contributed by atoms with E-state index in [4.69, 9.17) is 0 Å². The summed E-state index contributed by atoms with van der Waals surface area (Å²) >= 11 is 0. The van der Waals surface area contributed by atoms with E-state index in [-0.39, 0.29) is 5.41 Å². The fourth-order valence-corrected chi connectivity index (χ4v) is 11.1. The molecule has 0 aliphatic heterocycles. The molecule has 11 aromatic carbocycles. The molecule has 1 aliphatic rings. The third kappa shape index (κ3) is 6.25. The van der Waals surface area contributed by atoms with Crippen LogP contribution in [0.4, 0.5) is 17.1 Å². The molecule has 2 nitrogen and oxygen atoms in total. The van der Waals surface area contributed by atoms with Crippen molar-refractivity contribution < 1.29 is 0 Å². The molecule has 1 aliphatic carbocycles. The molecule has 12 aromatic rings. The van der Waals surface area contributed by atoms with Crippen LogP contribution in [0.2, 0.25) is 0 Å². The van der Waals surface area contributed by atoms with Gasteiger partial charge < -0.3 is 9.47 Å². The molecule has 0 N–H and O–H groups in total. The Balaban J connectivity index is 0.895. The molecule has 13 rings (SSSR count). The summed E-state index contributed by atoms with van der Waals surface area (Å²) in [5.41, 5.74) is 19.4. The van der Waals surface area contributed by atoms with Crippen LogP contribution in [0.1, 0.15) is 25.0 Å². The normalized spacial score (nSPS) is 12.7. The van der Waals surface area contributed by atoms with Gasteiger partial charge >= 0.3 is 0 Å². The van der Waals surface area contributed by atoms with Gasteiger partial charge in [-0.05, 0) is 144 Å². The Morgan fingerprint density at radius 3 is 1.69 bits per heavy atom. The first-order valence-electron chi connectivity index (χ1n) is 23.3. The van der Waals surface area contributed by atoms with Crippen molar-refractivity contribution in [3.05, 3.63) is 254 Å². The Morgan fingerprint density at radius 2 is 0.881 bits per heavy atom. The topological polar surface area (TPSA) is 8.17 Å². The van der Waals surface area contributed by atoms with Crippen molar-refractivity contribution >= 4 is 60.4 Å². The number of rotatable bonds is 7. The van der Waals surface area contributed by atoms with E-state index >= 15 is 0 Å². The van der Waals surface area contributed by atoms with E-state index in [0.717, 1.165) is 28.3 Å². The second kappa shape index (κ2) is 15.3. The van der Waals surface area contributed by atoms with Crippen molar-refractivity contribution in [2.24, 2.45) is 0 Å². The van der Waals surface area contributed by atoms with E-state index in [2.05, 4.69) is 266 Å². The van der Waals surface area contributed by atoms with E-state index in [1.54, 1.807) is 0 Å². The Labute approximate surface area is 391 Å². The number of hydrogen-bond acceptors (Lipinski definition) is 1. The largest absolute Gasteiger partial charge is 0.310 e. The first-order chi connectivity index (χ1) is 33.0. The van der Waals surface area contributed by atoms with E-state index in [9.17, 15) is 0 Å². The fourth-order valence-electron chi connectivity index (χ4n) is 11.1. The van der Waals surface area contributed by atoms with Crippen LogP contribution in [-0.2, 0) is 5.41 Å². The molecule has 0 radical (unpaired) electrons. The highest BCUT2D eigenvalue weighted by Gasteiger charge is 2.36. The summed E-state index contributed by atoms with van der Waals surface area (Å²) in [7, 11) is 0. The molecule has 316 valence electrons. The summed E-state index contributed by atoms with van der Waals surface area (Å²) in [6, 6.07) is 89.3. The maximum Gasteiger partial charge on any atom is 0.0541 e. The average Bonchev–Trinajstić information content (AvgIpc) is 3.84. The highest BCUT2D eigenvalue weighted by Crippen LogP contribution is 2.52. The van der Waals surface area contributed by atoms with Crippen molar-refractivity contribution in [3.8, 4) is 50.2 Å². The maximum atomic E-state index is 2.46. The Bertz CT molecular complexity index is 3880. The molecule has 0 atom stereocenters. The second-order valence-corrected chi connectivity index (χ2v) is 18.5. The van der Waals surface area contributed by atoms with Gasteiger partial charge in [0.25, 0.3) is 0 Å². The molecule has 2 heteroatoms. The quantitative estimate of drug-likeness (QED) is 0.145. The van der Waals surface area contributed by atoms with Crippen LogP contribution in [0, 0.1) is 0 Å². The summed E-state index contributed by atoms with van der Waals surface area (Å²) in [6.45, 7) is 4.75. The Kier molecular flexibility index (Phi) is 8.91. The number of fused-ring (bicyclic) bond motifs is 9. The number of nitrogens with zero attached hydrogens (tertiary/aromatic N) is 2. The molecular formula is C65H46N2. The van der Waals surface area contributed by atoms with Gasteiger partial charge in [-0.1, -0.05) is 184 Å². The average molecular weight is 855 g/mol. The Hall–Kier alpha value is -8.46. The van der Waals surface area contributed by atoms with Crippen molar-refractivity contribution in [2.45, 2.75) is 19.3 Å². The lowest BCUT2D eigenvalue weighted by Gasteiger charge is -2.28. The zero-order valence-corrected chi connectivity index (χ0v) is 37.5. The number of anilines is 3. The van der Waals surface area contributed by atoms with Crippen molar-refractivity contribution in [3.63, 3.8) is 0 Å². The van der Waals surface area contributed by atoms with Gasteiger partial charge in [-0.3, -0.25) is 0 Å². The minimum atomic E-state index is -0.166. The summed E-state index contributed by atoms with van der Waals surface area (Å²) < 4.78 is 2.46. The summed E-state index contributed by atoms with van der Waals surface area (Å²) in [5, 5.41) is 7.58. The van der Waals surface area contributed by atoms with Gasteiger partial charge in [0.2, 0.25) is 0 Å². The first kappa shape index (κ1) is 39.0. The Morgan fingerprint density at radius 1 is 0.313 bits per heavy atom. The van der Waals surface area contributed by atoms with E-state index in [1.807, 2.05) is 0 Å². The molecule has 0 spiro atoms. The van der Waals surface area contributed by atoms with Crippen molar-refractivity contribution in [2.75, 3.05) is 4.90 Å². The zero-order valence-electron chi connectivity index (χ0n) is 37.5. The van der Waals surface area contributed by atoms with E-state index in [1.165, 1.54) is 93.4 Å². The fraction of sp³-hybridized carbons (Fsp3) is 0.0462. The highest BCUT2D eigenvalue weighted by molar-refractivity contribution is 6.16. The predicted molar refractivity (Wildman–Crippen MR) is 284 cm³/mol. The highest BCUT2D eigenvalue weighted by atomic mass is 15.1. The molecular weight excluding hydrogens is 809 g/mol. The third-order valence-corrected chi connectivity index (χ3v) is 14.4. The molecule has 1 aromatic heterocycles. The predicted octanol–water partition coefficient (Wildman–Crippen LogP) is 17.9. The smallest absolute Gasteiger partial charge is 0.0541 e. The van der Waals surface area contributed by atoms with Crippen LogP contribution in [0.3, 0.4) is 0 Å². The standard InChI is InChI=1S/C65H46N2/c1-65(2)60-41-45(43-17-5-3-6-18-43)31-36-55(60)56-37-35-50(42-61(56)65)66(48-20-7-4-8-21-48)49-33-29-44(30-34-49)52-23-13-15-27-62(52)67-63-28-16-14-26-57(63)59-40-47(32-38-64(59)67)58-39-46-19-9-10-22-51(46)53-24-11-12-25-54(53)58/h3-42H,1-2H3. The number of para-hydroxylation sites is 3. The number of benzene rings is 11. The van der Waals surface area contributed by atoms with Crippen molar-refractivity contribution in [1.82, 2.24) is 4.57 Å². The number of hydrogen-bond donors (Lipinski definition) is 0. The minimum Gasteiger partial charge on any atom is -0.310 e. The summed E-state index contributed by atoms with van der Waals surface area (Å²) in [4.78, 5) is 2.40. The minimum absolute atomic E-state index is 0.166. The molecule has 0 unspecified atom stereocenters. The molecule has 67 heavy (non-hydrogen) atoms. The molecule has 0 bridgehead atoms. The van der Waals surface area contributed by atoms with Crippen LogP contribution in [0.5, 0.6) is 0 Å². The van der Waals surface area contributed by atoms with Gasteiger partial charge in [0.15, 0.2) is 0 Å². The molecule has 0 saturated carbocycles. The monoisotopic (exact) mass is 854 g/mol. The summed E-state index contributed by atoms with van der Waals surface area (Å²) in [6.07, 6.45) is 0. The number of aromatic nitrogens is 1. The lowest BCUT2D eigenvalue weighted by molar-refractivity contribution is 0.660. The van der Waals surface area contributed by atoms with Gasteiger partial charge in [0.05, 0.1) is 16.7 Å². The van der Waals surface area contributed by atoms with Crippen LogP contribution >= 0.6 is 0 Å². The van der Waals surface area contributed by atoms with Gasteiger partial charge in [-0.25, -0.2) is 0 Å². The van der Waals surface area contributed by atoms with E-state index in [0.29, 0.717) is 0 Å². The van der Waals surface area contributed by atoms with Gasteiger partial charge in [0, 0.05) is 38.8 Å². The maximum absolute atomic E-state index is 2.46. The lowest BCUT2D eigenvalue weighted by atomic mass is 9.81. The molecule has 1 heterocycles.